The van der Waals surface area contributed by atoms with Crippen LogP contribution in [0.4, 0.5) is 5.82 Å². The highest BCUT2D eigenvalue weighted by Crippen LogP contribution is 2.33. The molecule has 1 aromatic carbocycles. The highest BCUT2D eigenvalue weighted by atomic mass is 35.5. The first kappa shape index (κ1) is 17.0. The Bertz CT molecular complexity index is 990. The molecule has 10 heteroatoms. The third-order valence-corrected chi connectivity index (χ3v) is 4.89. The van der Waals surface area contributed by atoms with Crippen LogP contribution in [0.1, 0.15) is 0 Å². The average molecular weight is 386 g/mol. The average Bonchev–Trinajstić information content (AvgIpc) is 3.03. The lowest BCUT2D eigenvalue weighted by Gasteiger charge is -2.13. The number of anilines is 1. The molecule has 0 atom stereocenters. The number of aromatic nitrogens is 3. The molecule has 3 N–H and O–H groups in total. The first-order valence-corrected chi connectivity index (χ1v) is 9.34. The second-order valence-electron chi connectivity index (χ2n) is 5.05. The van der Waals surface area contributed by atoms with Gasteiger partial charge in [-0.25, -0.2) is 23.5 Å². The number of primary sulfonamides is 1. The number of hydrogen-bond donors (Lipinski definition) is 2. The highest BCUT2D eigenvalue weighted by Gasteiger charge is 2.13. The van der Waals surface area contributed by atoms with Crippen molar-refractivity contribution in [3.63, 3.8) is 0 Å². The Hall–Kier alpha value is -1.87. The number of nitrogens with zero attached hydrogens (tertiary/aromatic N) is 3. The van der Waals surface area contributed by atoms with Gasteiger partial charge in [0.15, 0.2) is 0 Å². The number of fused-ring (bicyclic) bond motifs is 1. The van der Waals surface area contributed by atoms with Crippen LogP contribution in [0, 0.1) is 0 Å². The molecule has 0 spiro atoms. The van der Waals surface area contributed by atoms with Crippen LogP contribution in [0.25, 0.3) is 16.6 Å². The first-order valence-electron chi connectivity index (χ1n) is 6.86. The van der Waals surface area contributed by atoms with Crippen LogP contribution in [0.15, 0.2) is 36.9 Å². The molecule has 0 aliphatic carbocycles. The summed E-state index contributed by atoms with van der Waals surface area (Å²) in [5.74, 6) is 0.246. The van der Waals surface area contributed by atoms with Gasteiger partial charge in [0.1, 0.15) is 5.82 Å². The van der Waals surface area contributed by atoms with Gasteiger partial charge in [0.2, 0.25) is 10.0 Å². The summed E-state index contributed by atoms with van der Waals surface area (Å²) in [6.07, 6.45) is 5.08. The van der Waals surface area contributed by atoms with Crippen LogP contribution >= 0.6 is 23.2 Å². The van der Waals surface area contributed by atoms with Crippen molar-refractivity contribution in [2.24, 2.45) is 5.14 Å². The lowest BCUT2D eigenvalue weighted by molar-refractivity contribution is 0.598. The Kier molecular flexibility index (Phi) is 4.64. The minimum Gasteiger partial charge on any atom is -0.369 e. The maximum Gasteiger partial charge on any atom is 0.210 e. The van der Waals surface area contributed by atoms with Gasteiger partial charge in [-0.2, -0.15) is 0 Å². The highest BCUT2D eigenvalue weighted by molar-refractivity contribution is 7.89. The van der Waals surface area contributed by atoms with Crippen LogP contribution in [0.5, 0.6) is 0 Å². The minimum atomic E-state index is -3.56. The summed E-state index contributed by atoms with van der Waals surface area (Å²) in [5, 5.41) is 9.44. The van der Waals surface area contributed by atoms with E-state index >= 15 is 0 Å². The van der Waals surface area contributed by atoms with Gasteiger partial charge >= 0.3 is 0 Å². The molecule has 2 heterocycles. The van der Waals surface area contributed by atoms with E-state index < -0.39 is 10.0 Å². The van der Waals surface area contributed by atoms with Crippen molar-refractivity contribution in [2.45, 2.75) is 0 Å². The number of benzene rings is 1. The van der Waals surface area contributed by atoms with E-state index in [0.717, 1.165) is 11.1 Å². The van der Waals surface area contributed by atoms with Crippen molar-refractivity contribution in [3.8, 4) is 5.69 Å². The zero-order valence-corrected chi connectivity index (χ0v) is 14.6. The normalized spacial score (nSPS) is 11.8. The summed E-state index contributed by atoms with van der Waals surface area (Å²) >= 11 is 12.3. The van der Waals surface area contributed by atoms with E-state index in [0.29, 0.717) is 21.4 Å². The van der Waals surface area contributed by atoms with E-state index in [1.54, 1.807) is 35.4 Å². The number of hydrogen-bond acceptors (Lipinski definition) is 5. The number of halogens is 2. The van der Waals surface area contributed by atoms with Crippen molar-refractivity contribution in [3.05, 3.63) is 47.0 Å². The summed E-state index contributed by atoms with van der Waals surface area (Å²) in [7, 11) is -3.56. The molecular formula is C14H13Cl2N5O2S. The van der Waals surface area contributed by atoms with Crippen molar-refractivity contribution >= 4 is 49.9 Å². The molecule has 0 bridgehead atoms. The minimum absolute atomic E-state index is 0.124. The molecule has 3 rings (SSSR count). The quantitative estimate of drug-likeness (QED) is 0.701. The molecule has 3 aromatic rings. The lowest BCUT2D eigenvalue weighted by atomic mass is 10.1. The number of nitrogens with two attached hydrogens (primary N) is 1. The zero-order chi connectivity index (χ0) is 17.3. The van der Waals surface area contributed by atoms with E-state index in [2.05, 4.69) is 15.3 Å². The second kappa shape index (κ2) is 6.56. The van der Waals surface area contributed by atoms with Gasteiger partial charge in [-0.05, 0) is 12.1 Å². The van der Waals surface area contributed by atoms with Gasteiger partial charge in [0.05, 0.1) is 33.3 Å². The molecular weight excluding hydrogens is 373 g/mol. The molecule has 0 amide bonds. The zero-order valence-electron chi connectivity index (χ0n) is 12.3. The number of sulfonamides is 1. The summed E-state index contributed by atoms with van der Waals surface area (Å²) < 4.78 is 23.9. The van der Waals surface area contributed by atoms with Gasteiger partial charge < -0.3 is 9.88 Å². The fourth-order valence-electron chi connectivity index (χ4n) is 2.24. The predicted octanol–water partition coefficient (Wildman–Crippen LogP) is 2.43. The maximum absolute atomic E-state index is 11.1. The molecule has 0 fully saturated rings. The number of imidazole rings is 1. The Labute approximate surface area is 148 Å². The molecule has 0 saturated carbocycles. The van der Waals surface area contributed by atoms with Gasteiger partial charge in [-0.1, -0.05) is 23.2 Å². The van der Waals surface area contributed by atoms with E-state index in [4.69, 9.17) is 28.3 Å². The van der Waals surface area contributed by atoms with E-state index in [1.165, 1.54) is 0 Å². The fourth-order valence-corrected chi connectivity index (χ4v) is 2.99. The van der Waals surface area contributed by atoms with Crippen LogP contribution in [-0.2, 0) is 10.0 Å². The largest absolute Gasteiger partial charge is 0.369 e. The summed E-state index contributed by atoms with van der Waals surface area (Å²) in [5.41, 5.74) is 1.29. The standard InChI is InChI=1S/C14H13Cl2N5O2S/c15-10-2-1-9-11(21-5-3-18-8-21)7-12(20-14(9)13(10)16)19-4-6-24(17,22)23/h1-3,5,7-8H,4,6H2,(H,19,20)(H2,17,22,23). The Morgan fingerprint density at radius 2 is 2.08 bits per heavy atom. The Morgan fingerprint density at radius 1 is 1.29 bits per heavy atom. The third-order valence-electron chi connectivity index (χ3n) is 3.33. The van der Waals surface area contributed by atoms with E-state index in [1.807, 2.05) is 6.07 Å². The molecule has 0 aliphatic rings. The van der Waals surface area contributed by atoms with Gasteiger partial charge in [0, 0.05) is 30.4 Å². The molecule has 0 radical (unpaired) electrons. The monoisotopic (exact) mass is 385 g/mol. The summed E-state index contributed by atoms with van der Waals surface area (Å²) in [4.78, 5) is 8.47. The van der Waals surface area contributed by atoms with Gasteiger partial charge in [0.25, 0.3) is 0 Å². The molecule has 126 valence electrons. The van der Waals surface area contributed by atoms with Crippen molar-refractivity contribution in [2.75, 3.05) is 17.6 Å². The molecule has 0 unspecified atom stereocenters. The second-order valence-corrected chi connectivity index (χ2v) is 7.57. The SMILES string of the molecule is NS(=O)(=O)CCNc1cc(-n2ccnc2)c2ccc(Cl)c(Cl)c2n1. The van der Waals surface area contributed by atoms with E-state index in [-0.39, 0.29) is 12.3 Å². The number of pyridine rings is 1. The summed E-state index contributed by atoms with van der Waals surface area (Å²) in [6, 6.07) is 5.29. The van der Waals surface area contributed by atoms with Crippen LogP contribution in [-0.4, -0.2) is 35.3 Å². The molecule has 0 aliphatic heterocycles. The van der Waals surface area contributed by atoms with Gasteiger partial charge in [-0.15, -0.1) is 0 Å². The van der Waals surface area contributed by atoms with Crippen molar-refractivity contribution in [1.29, 1.82) is 0 Å². The fraction of sp³-hybridized carbons (Fsp3) is 0.143. The van der Waals surface area contributed by atoms with Crippen LogP contribution < -0.4 is 10.5 Å². The van der Waals surface area contributed by atoms with Crippen molar-refractivity contribution < 1.29 is 8.42 Å². The van der Waals surface area contributed by atoms with Crippen LogP contribution in [0.2, 0.25) is 10.0 Å². The lowest BCUT2D eigenvalue weighted by Crippen LogP contribution is -2.22. The van der Waals surface area contributed by atoms with Crippen LogP contribution in [0.3, 0.4) is 0 Å². The molecule has 7 nitrogen and oxygen atoms in total. The first-order chi connectivity index (χ1) is 11.3. The molecule has 2 aromatic heterocycles. The molecule has 24 heavy (non-hydrogen) atoms. The Morgan fingerprint density at radius 3 is 2.75 bits per heavy atom. The number of nitrogens with one attached hydrogen (secondary N) is 1. The maximum atomic E-state index is 11.1. The summed E-state index contributed by atoms with van der Waals surface area (Å²) in [6.45, 7) is 0.124. The number of rotatable bonds is 5. The van der Waals surface area contributed by atoms with E-state index in [9.17, 15) is 8.42 Å². The predicted molar refractivity (Wildman–Crippen MR) is 95.3 cm³/mol. The van der Waals surface area contributed by atoms with Gasteiger partial charge in [-0.3, -0.25) is 0 Å². The topological polar surface area (TPSA) is 103 Å². The van der Waals surface area contributed by atoms with Crippen molar-refractivity contribution in [1.82, 2.24) is 14.5 Å². The smallest absolute Gasteiger partial charge is 0.210 e. The Balaban J connectivity index is 2.09. The molecule has 0 saturated heterocycles. The third kappa shape index (κ3) is 3.62.